The van der Waals surface area contributed by atoms with Gasteiger partial charge in [-0.05, 0) is 85.5 Å². The molecule has 4 N–H and O–H groups in total. The number of carbonyl (C=O) groups excluding carboxylic acids is 2. The molecule has 1 aromatic carbocycles. The minimum atomic E-state index is -4.48. The zero-order chi connectivity index (χ0) is 24.4. The van der Waals surface area contributed by atoms with Gasteiger partial charge in [-0.3, -0.25) is 4.79 Å². The first-order chi connectivity index (χ1) is 16.0. The molecule has 2 saturated carbocycles. The van der Waals surface area contributed by atoms with Gasteiger partial charge in [0, 0.05) is 5.69 Å². The molecule has 4 aliphatic rings. The third kappa shape index (κ3) is 4.16. The summed E-state index contributed by atoms with van der Waals surface area (Å²) in [5.74, 6) is 1.14. The van der Waals surface area contributed by atoms with Crippen LogP contribution in [0.1, 0.15) is 50.7 Å². The van der Waals surface area contributed by atoms with Crippen molar-refractivity contribution in [1.82, 2.24) is 10.2 Å². The van der Waals surface area contributed by atoms with Crippen molar-refractivity contribution in [3.8, 4) is 0 Å². The van der Waals surface area contributed by atoms with Gasteiger partial charge >= 0.3 is 12.2 Å². The second-order valence-electron chi connectivity index (χ2n) is 11.0. The number of halogens is 3. The molecule has 3 aliphatic carbocycles. The van der Waals surface area contributed by atoms with Crippen LogP contribution in [-0.4, -0.2) is 47.2 Å². The van der Waals surface area contributed by atoms with Gasteiger partial charge in [0.25, 0.3) is 0 Å². The van der Waals surface area contributed by atoms with E-state index in [9.17, 15) is 22.8 Å². The molecule has 0 aromatic heterocycles. The van der Waals surface area contributed by atoms with Crippen molar-refractivity contribution in [3.05, 3.63) is 29.3 Å². The summed E-state index contributed by atoms with van der Waals surface area (Å²) in [5, 5.41) is 5.08. The van der Waals surface area contributed by atoms with Crippen LogP contribution in [0, 0.1) is 23.7 Å². The molecule has 9 heteroatoms. The molecule has 6 nitrogen and oxygen atoms in total. The monoisotopic (exact) mass is 478 g/mol. The van der Waals surface area contributed by atoms with Gasteiger partial charge in [0.15, 0.2) is 0 Å². The normalized spacial score (nSPS) is 27.8. The summed E-state index contributed by atoms with van der Waals surface area (Å²) in [6, 6.07) is 2.57. The Balaban J connectivity index is 1.32. The Morgan fingerprint density at radius 2 is 1.76 bits per heavy atom. The van der Waals surface area contributed by atoms with E-state index in [0.717, 1.165) is 36.8 Å². The number of hydrogen-bond acceptors (Lipinski definition) is 3. The number of amides is 3. The van der Waals surface area contributed by atoms with E-state index >= 15 is 0 Å². The molecular weight excluding hydrogens is 445 g/mol. The first-order valence-corrected chi connectivity index (χ1v) is 12.3. The second kappa shape index (κ2) is 8.14. The van der Waals surface area contributed by atoms with Crippen molar-refractivity contribution in [2.45, 2.75) is 76.2 Å². The number of rotatable bonds is 7. The second-order valence-corrected chi connectivity index (χ2v) is 11.0. The fraction of sp³-hybridized carbons (Fsp3) is 0.680. The molecule has 0 bridgehead atoms. The molecule has 2 unspecified atom stereocenters. The van der Waals surface area contributed by atoms with Gasteiger partial charge in [-0.1, -0.05) is 19.9 Å². The molecule has 5 rings (SSSR count). The number of nitrogens with one attached hydrogen (secondary N) is 2. The molecule has 1 aromatic rings. The van der Waals surface area contributed by atoms with Crippen LogP contribution in [0.4, 0.5) is 23.7 Å². The van der Waals surface area contributed by atoms with Gasteiger partial charge in [-0.25, -0.2) is 4.79 Å². The number of nitrogens with zero attached hydrogens (tertiary/aromatic N) is 1. The van der Waals surface area contributed by atoms with Crippen molar-refractivity contribution in [1.29, 1.82) is 0 Å². The van der Waals surface area contributed by atoms with Gasteiger partial charge < -0.3 is 21.3 Å². The highest BCUT2D eigenvalue weighted by Crippen LogP contribution is 2.50. The molecule has 1 heterocycles. The molecule has 0 spiro atoms. The predicted octanol–water partition coefficient (Wildman–Crippen LogP) is 3.84. The van der Waals surface area contributed by atoms with Crippen LogP contribution >= 0.6 is 0 Å². The van der Waals surface area contributed by atoms with E-state index in [-0.39, 0.29) is 17.7 Å². The number of benzene rings is 1. The maximum absolute atomic E-state index is 13.3. The van der Waals surface area contributed by atoms with Crippen molar-refractivity contribution in [2.24, 2.45) is 29.4 Å². The van der Waals surface area contributed by atoms with Gasteiger partial charge in [-0.15, -0.1) is 0 Å². The fourth-order valence-corrected chi connectivity index (χ4v) is 6.12. The van der Waals surface area contributed by atoms with E-state index in [0.29, 0.717) is 30.4 Å². The van der Waals surface area contributed by atoms with Gasteiger partial charge in [0.1, 0.15) is 6.04 Å². The van der Waals surface area contributed by atoms with E-state index in [1.807, 2.05) is 32.0 Å². The summed E-state index contributed by atoms with van der Waals surface area (Å²) < 4.78 is 39.9. The van der Waals surface area contributed by atoms with Crippen LogP contribution in [0.2, 0.25) is 0 Å². The lowest BCUT2D eigenvalue weighted by Crippen LogP contribution is -2.55. The summed E-state index contributed by atoms with van der Waals surface area (Å²) in [6.07, 6.45) is 1.05. The maximum Gasteiger partial charge on any atom is 0.410 e. The van der Waals surface area contributed by atoms with Crippen molar-refractivity contribution in [2.75, 3.05) is 11.9 Å². The smallest absolute Gasteiger partial charge is 0.325 e. The van der Waals surface area contributed by atoms with Gasteiger partial charge in [0.2, 0.25) is 5.91 Å². The third-order valence-electron chi connectivity index (χ3n) is 8.43. The van der Waals surface area contributed by atoms with E-state index in [1.165, 1.54) is 4.90 Å². The lowest BCUT2D eigenvalue weighted by atomic mass is 9.81. The number of anilines is 1. The van der Waals surface area contributed by atoms with Gasteiger partial charge in [-0.2, -0.15) is 13.2 Å². The minimum Gasteiger partial charge on any atom is -0.325 e. The van der Waals surface area contributed by atoms with Crippen molar-refractivity contribution < 1.29 is 22.8 Å². The quantitative estimate of drug-likeness (QED) is 0.557. The van der Waals surface area contributed by atoms with Crippen LogP contribution in [0.25, 0.3) is 0 Å². The lowest BCUT2D eigenvalue weighted by Gasteiger charge is -2.41. The average Bonchev–Trinajstić information content (AvgIpc) is 3.68. The summed E-state index contributed by atoms with van der Waals surface area (Å²) in [4.78, 5) is 26.9. The Morgan fingerprint density at radius 3 is 2.29 bits per heavy atom. The molecule has 3 fully saturated rings. The van der Waals surface area contributed by atoms with Crippen LogP contribution in [-0.2, 0) is 17.6 Å². The minimum absolute atomic E-state index is 0.0538. The molecule has 0 radical (unpaired) electrons. The Kier molecular flexibility index (Phi) is 5.61. The number of hydrogen-bond donors (Lipinski definition) is 3. The predicted molar refractivity (Wildman–Crippen MR) is 122 cm³/mol. The number of urea groups is 1. The molecule has 3 amide bonds. The lowest BCUT2D eigenvalue weighted by molar-refractivity contribution is -0.151. The summed E-state index contributed by atoms with van der Waals surface area (Å²) in [6.45, 7) is 3.49. The Hall–Kier alpha value is -2.29. The largest absolute Gasteiger partial charge is 0.410 e. The van der Waals surface area contributed by atoms with Gasteiger partial charge in [0.05, 0.1) is 18.1 Å². The molecule has 3 atom stereocenters. The molecule has 1 aliphatic heterocycles. The van der Waals surface area contributed by atoms with E-state index in [4.69, 9.17) is 5.73 Å². The Bertz CT molecular complexity index is 977. The highest BCUT2D eigenvalue weighted by molar-refractivity contribution is 5.95. The number of nitrogens with two attached hydrogens (primary N) is 1. The first kappa shape index (κ1) is 23.5. The third-order valence-corrected chi connectivity index (χ3v) is 8.43. The van der Waals surface area contributed by atoms with E-state index in [2.05, 4.69) is 10.6 Å². The first-order valence-electron chi connectivity index (χ1n) is 12.3. The van der Waals surface area contributed by atoms with E-state index < -0.39 is 36.4 Å². The van der Waals surface area contributed by atoms with Crippen molar-refractivity contribution in [3.63, 3.8) is 0 Å². The summed E-state index contributed by atoms with van der Waals surface area (Å²) >= 11 is 0. The number of carbonyl (C=O) groups is 2. The zero-order valence-corrected chi connectivity index (χ0v) is 19.6. The van der Waals surface area contributed by atoms with Crippen molar-refractivity contribution >= 4 is 17.6 Å². The highest BCUT2D eigenvalue weighted by Gasteiger charge is 2.55. The average molecular weight is 479 g/mol. The standard InChI is InChI=1S/C25H33F3N4O2/c1-13(2)24(32-12-19(25(26,27)28)31-23(32)34)10-16-7-8-18(9-17(16)11-24)30-22(33)21(29)20(14-3-4-14)15-5-6-15/h7-9,13-15,19-21H,3-6,10-12,29H2,1-2H3,(H,30,33)(H,31,34)/t19?,21-,24?/m0/s1. The van der Waals surface area contributed by atoms with Crippen LogP contribution in [0.5, 0.6) is 0 Å². The molecule has 1 saturated heterocycles. The fourth-order valence-electron chi connectivity index (χ4n) is 6.12. The molecule has 186 valence electrons. The summed E-state index contributed by atoms with van der Waals surface area (Å²) in [7, 11) is 0. The zero-order valence-electron chi connectivity index (χ0n) is 19.6. The van der Waals surface area contributed by atoms with Crippen LogP contribution in [0.3, 0.4) is 0 Å². The molecular formula is C25H33F3N4O2. The van der Waals surface area contributed by atoms with Crippen LogP contribution < -0.4 is 16.4 Å². The SMILES string of the molecule is CC(C)C1(N2CC(C(F)(F)F)NC2=O)Cc2ccc(NC(=O)[C@@H](N)C(C3CC3)C3CC3)cc2C1. The number of alkyl halides is 3. The summed E-state index contributed by atoms with van der Waals surface area (Å²) in [5.41, 5.74) is 8.22. The Morgan fingerprint density at radius 1 is 1.15 bits per heavy atom. The maximum atomic E-state index is 13.3. The topological polar surface area (TPSA) is 87.5 Å². The highest BCUT2D eigenvalue weighted by atomic mass is 19.4. The number of fused-ring (bicyclic) bond motifs is 1. The van der Waals surface area contributed by atoms with E-state index in [1.54, 1.807) is 0 Å². The van der Waals surface area contributed by atoms with Crippen LogP contribution in [0.15, 0.2) is 18.2 Å². The molecule has 34 heavy (non-hydrogen) atoms. The Labute approximate surface area is 197 Å².